The molecule has 0 aromatic heterocycles. The lowest BCUT2D eigenvalue weighted by molar-refractivity contribution is -0.121. The number of amides is 1. The summed E-state index contributed by atoms with van der Waals surface area (Å²) in [6, 6.07) is 2.24. The van der Waals surface area contributed by atoms with Crippen LogP contribution in [-0.4, -0.2) is 25.0 Å². The predicted octanol–water partition coefficient (Wildman–Crippen LogP) is 2.38. The van der Waals surface area contributed by atoms with Crippen molar-refractivity contribution >= 4 is 11.6 Å². The second-order valence-corrected chi connectivity index (χ2v) is 4.77. The van der Waals surface area contributed by atoms with Gasteiger partial charge in [0.05, 0.1) is 6.04 Å². The zero-order chi connectivity index (χ0) is 14.0. The van der Waals surface area contributed by atoms with Gasteiger partial charge in [0.15, 0.2) is 5.82 Å². The first kappa shape index (κ1) is 13.9. The van der Waals surface area contributed by atoms with Crippen LogP contribution in [0.5, 0.6) is 0 Å². The molecule has 0 saturated carbocycles. The van der Waals surface area contributed by atoms with Crippen LogP contribution in [0.1, 0.15) is 25.3 Å². The smallest absolute Gasteiger partial charge is 0.244 e. The molecule has 1 aromatic carbocycles. The molecule has 2 rings (SSSR count). The van der Waals surface area contributed by atoms with E-state index in [0.717, 1.165) is 6.42 Å². The number of nitrogens with zero attached hydrogens (tertiary/aromatic N) is 1. The highest BCUT2D eigenvalue weighted by molar-refractivity contribution is 5.98. The first-order valence-corrected chi connectivity index (χ1v) is 6.55. The molecule has 1 amide bonds. The molecule has 1 aliphatic heterocycles. The molecule has 1 atom stereocenters. The van der Waals surface area contributed by atoms with Crippen molar-refractivity contribution in [2.75, 3.05) is 18.0 Å². The summed E-state index contributed by atoms with van der Waals surface area (Å²) in [7, 11) is 0. The van der Waals surface area contributed by atoms with Crippen molar-refractivity contribution in [3.63, 3.8) is 0 Å². The maximum atomic E-state index is 14.1. The maximum Gasteiger partial charge on any atom is 0.244 e. The molecule has 1 saturated heterocycles. The van der Waals surface area contributed by atoms with Crippen molar-refractivity contribution in [2.45, 2.75) is 32.7 Å². The minimum absolute atomic E-state index is 0.215. The molecule has 19 heavy (non-hydrogen) atoms. The Morgan fingerprint density at radius 2 is 2.16 bits per heavy atom. The van der Waals surface area contributed by atoms with E-state index < -0.39 is 11.6 Å². The topological polar surface area (TPSA) is 32.3 Å². The number of rotatable bonds is 3. The molecule has 0 aliphatic carbocycles. The monoisotopic (exact) mass is 268 g/mol. The molecule has 1 unspecified atom stereocenters. The molecule has 3 nitrogen and oxygen atoms in total. The third kappa shape index (κ3) is 2.61. The van der Waals surface area contributed by atoms with Gasteiger partial charge < -0.3 is 10.2 Å². The minimum Gasteiger partial charge on any atom is -0.306 e. The number of carbonyl (C=O) groups excluding carboxylic acids is 1. The van der Waals surface area contributed by atoms with Gasteiger partial charge >= 0.3 is 0 Å². The second kappa shape index (κ2) is 5.65. The molecular formula is C14H18F2N2O. The third-order valence-corrected chi connectivity index (χ3v) is 3.42. The van der Waals surface area contributed by atoms with Crippen LogP contribution in [0.2, 0.25) is 0 Å². The number of aryl methyl sites for hydroxylation is 1. The molecule has 0 bridgehead atoms. The summed E-state index contributed by atoms with van der Waals surface area (Å²) in [4.78, 5) is 13.5. The van der Waals surface area contributed by atoms with E-state index >= 15 is 0 Å². The number of piperidine rings is 1. The summed E-state index contributed by atoms with van der Waals surface area (Å²) in [5.74, 6) is -1.59. The second-order valence-electron chi connectivity index (χ2n) is 4.77. The average Bonchev–Trinajstić information content (AvgIpc) is 2.39. The standard InChI is InChI=1S/C14H18F2N2O/c1-3-17-11-5-4-8-18(14(11)19)13-10(15)7-6-9(2)12(13)16/h6-7,11,17H,3-5,8H2,1-2H3. The molecule has 1 aliphatic rings. The van der Waals surface area contributed by atoms with Crippen molar-refractivity contribution in [1.29, 1.82) is 0 Å². The zero-order valence-corrected chi connectivity index (χ0v) is 11.2. The predicted molar refractivity (Wildman–Crippen MR) is 70.1 cm³/mol. The lowest BCUT2D eigenvalue weighted by Gasteiger charge is -2.33. The van der Waals surface area contributed by atoms with Crippen LogP contribution in [0.3, 0.4) is 0 Å². The van der Waals surface area contributed by atoms with Crippen LogP contribution in [0.4, 0.5) is 14.5 Å². The van der Waals surface area contributed by atoms with Gasteiger partial charge in [0.25, 0.3) is 0 Å². The van der Waals surface area contributed by atoms with Crippen LogP contribution in [0.15, 0.2) is 12.1 Å². The van der Waals surface area contributed by atoms with Gasteiger partial charge in [-0.25, -0.2) is 8.78 Å². The molecule has 1 aromatic rings. The Morgan fingerprint density at radius 1 is 1.42 bits per heavy atom. The SMILES string of the molecule is CCNC1CCCN(c2c(F)ccc(C)c2F)C1=O. The van der Waals surface area contributed by atoms with Gasteiger partial charge in [-0.15, -0.1) is 0 Å². The molecule has 1 heterocycles. The van der Waals surface area contributed by atoms with E-state index in [1.54, 1.807) is 6.92 Å². The number of nitrogens with one attached hydrogen (secondary N) is 1. The maximum absolute atomic E-state index is 14.1. The highest BCUT2D eigenvalue weighted by Crippen LogP contribution is 2.29. The van der Waals surface area contributed by atoms with E-state index in [4.69, 9.17) is 0 Å². The summed E-state index contributed by atoms with van der Waals surface area (Å²) < 4.78 is 27.9. The Balaban J connectivity index is 2.36. The lowest BCUT2D eigenvalue weighted by atomic mass is 10.0. The van der Waals surface area contributed by atoms with Crippen LogP contribution < -0.4 is 10.2 Å². The van der Waals surface area contributed by atoms with Crippen molar-refractivity contribution in [3.05, 3.63) is 29.3 Å². The van der Waals surface area contributed by atoms with Crippen molar-refractivity contribution in [1.82, 2.24) is 5.32 Å². The van der Waals surface area contributed by atoms with Gasteiger partial charge in [-0.1, -0.05) is 13.0 Å². The van der Waals surface area contributed by atoms with E-state index in [1.165, 1.54) is 17.0 Å². The summed E-state index contributed by atoms with van der Waals surface area (Å²) in [6.07, 6.45) is 1.44. The summed E-state index contributed by atoms with van der Waals surface area (Å²) in [5, 5.41) is 3.05. The Bertz CT molecular complexity index is 489. The van der Waals surface area contributed by atoms with Gasteiger partial charge in [0.2, 0.25) is 5.91 Å². The quantitative estimate of drug-likeness (QED) is 0.913. The fourth-order valence-corrected chi connectivity index (χ4v) is 2.42. The number of carbonyl (C=O) groups is 1. The van der Waals surface area contributed by atoms with Gasteiger partial charge in [0.1, 0.15) is 11.5 Å². The Hall–Kier alpha value is -1.49. The number of anilines is 1. The summed E-state index contributed by atoms with van der Waals surface area (Å²) in [6.45, 7) is 4.48. The number of benzene rings is 1. The lowest BCUT2D eigenvalue weighted by Crippen LogP contribution is -2.51. The fourth-order valence-electron chi connectivity index (χ4n) is 2.42. The van der Waals surface area contributed by atoms with Crippen molar-refractivity contribution in [3.8, 4) is 0 Å². The van der Waals surface area contributed by atoms with E-state index in [2.05, 4.69) is 5.32 Å². The third-order valence-electron chi connectivity index (χ3n) is 3.42. The highest BCUT2D eigenvalue weighted by atomic mass is 19.1. The molecule has 0 radical (unpaired) electrons. The molecule has 104 valence electrons. The van der Waals surface area contributed by atoms with Crippen LogP contribution in [0.25, 0.3) is 0 Å². The molecule has 1 N–H and O–H groups in total. The average molecular weight is 268 g/mol. The number of halogens is 2. The van der Waals surface area contributed by atoms with E-state index in [0.29, 0.717) is 25.1 Å². The normalized spacial score (nSPS) is 19.9. The van der Waals surface area contributed by atoms with Crippen LogP contribution in [0, 0.1) is 18.6 Å². The largest absolute Gasteiger partial charge is 0.306 e. The fraction of sp³-hybridized carbons (Fsp3) is 0.500. The van der Waals surface area contributed by atoms with Gasteiger partial charge in [-0.2, -0.15) is 0 Å². The van der Waals surface area contributed by atoms with E-state index in [-0.39, 0.29) is 17.6 Å². The molecule has 0 spiro atoms. The van der Waals surface area contributed by atoms with Crippen LogP contribution in [-0.2, 0) is 4.79 Å². The summed E-state index contributed by atoms with van der Waals surface area (Å²) in [5.41, 5.74) is 0.127. The minimum atomic E-state index is -0.686. The Morgan fingerprint density at radius 3 is 2.84 bits per heavy atom. The Kier molecular flexibility index (Phi) is 4.14. The van der Waals surface area contributed by atoms with Crippen LogP contribution >= 0.6 is 0 Å². The van der Waals surface area contributed by atoms with Gasteiger partial charge in [-0.05, 0) is 37.9 Å². The van der Waals surface area contributed by atoms with E-state index in [9.17, 15) is 13.6 Å². The van der Waals surface area contributed by atoms with Crippen molar-refractivity contribution < 1.29 is 13.6 Å². The molecule has 1 fully saturated rings. The number of hydrogen-bond donors (Lipinski definition) is 1. The Labute approximate surface area is 111 Å². The van der Waals surface area contributed by atoms with E-state index in [1.807, 2.05) is 6.92 Å². The molecule has 5 heteroatoms. The first-order valence-electron chi connectivity index (χ1n) is 6.55. The summed E-state index contributed by atoms with van der Waals surface area (Å²) >= 11 is 0. The highest BCUT2D eigenvalue weighted by Gasteiger charge is 2.32. The van der Waals surface area contributed by atoms with Crippen molar-refractivity contribution in [2.24, 2.45) is 0 Å². The van der Waals surface area contributed by atoms with Gasteiger partial charge in [-0.3, -0.25) is 4.79 Å². The number of hydrogen-bond acceptors (Lipinski definition) is 2. The zero-order valence-electron chi connectivity index (χ0n) is 11.2. The van der Waals surface area contributed by atoms with Gasteiger partial charge in [0, 0.05) is 6.54 Å². The first-order chi connectivity index (χ1) is 9.06. The molecular weight excluding hydrogens is 250 g/mol. The number of likely N-dealkylation sites (N-methyl/N-ethyl adjacent to an activating group) is 1.